The van der Waals surface area contributed by atoms with E-state index in [4.69, 9.17) is 0 Å². The van der Waals surface area contributed by atoms with E-state index in [2.05, 4.69) is 66.7 Å². The average molecular weight is 264 g/mol. The summed E-state index contributed by atoms with van der Waals surface area (Å²) in [5.41, 5.74) is 2.55. The minimum Gasteiger partial charge on any atom is -0.0683 e. The molecule has 0 nitrogen and oxygen atoms in total. The van der Waals surface area contributed by atoms with Crippen molar-refractivity contribution in [2.24, 2.45) is 0 Å². The molecule has 0 radical (unpaired) electrons. The predicted octanol–water partition coefficient (Wildman–Crippen LogP) is 6.56. The van der Waals surface area contributed by atoms with Crippen molar-refractivity contribution in [2.45, 2.75) is 27.7 Å². The van der Waals surface area contributed by atoms with Gasteiger partial charge in [-0.05, 0) is 28.0 Å². The van der Waals surface area contributed by atoms with Gasteiger partial charge in [0.1, 0.15) is 0 Å². The first-order valence-corrected chi connectivity index (χ1v) is 7.48. The van der Waals surface area contributed by atoms with E-state index in [0.29, 0.717) is 0 Å². The van der Waals surface area contributed by atoms with Gasteiger partial charge in [0.25, 0.3) is 0 Å². The van der Waals surface area contributed by atoms with E-state index < -0.39 is 0 Å². The lowest BCUT2D eigenvalue weighted by Crippen LogP contribution is -1.77. The molecule has 0 spiro atoms. The third-order valence-corrected chi connectivity index (χ3v) is 2.86. The fraction of sp³-hybridized carbons (Fsp3) is 0.200. The summed E-state index contributed by atoms with van der Waals surface area (Å²) in [4.78, 5) is 0. The smallest absolute Gasteiger partial charge is 0.0178 e. The molecule has 0 fully saturated rings. The van der Waals surface area contributed by atoms with Crippen LogP contribution in [0, 0.1) is 0 Å². The maximum atomic E-state index is 2.24. The molecule has 104 valence electrons. The Hall–Kier alpha value is -2.08. The topological polar surface area (TPSA) is 0 Å². The maximum Gasteiger partial charge on any atom is -0.0178 e. The molecule has 0 atom stereocenters. The minimum absolute atomic E-state index is 1.27. The molecule has 0 aromatic heterocycles. The van der Waals surface area contributed by atoms with Gasteiger partial charge in [0.05, 0.1) is 0 Å². The highest BCUT2D eigenvalue weighted by Crippen LogP contribution is 2.23. The van der Waals surface area contributed by atoms with Crippen LogP contribution < -0.4 is 0 Å². The molecule has 0 bridgehead atoms. The summed E-state index contributed by atoms with van der Waals surface area (Å²) in [6.07, 6.45) is 0. The van der Waals surface area contributed by atoms with Gasteiger partial charge < -0.3 is 0 Å². The number of rotatable bonds is 1. The summed E-state index contributed by atoms with van der Waals surface area (Å²) in [7, 11) is 0. The molecule has 3 aromatic carbocycles. The molecule has 0 heterocycles. The summed E-state index contributed by atoms with van der Waals surface area (Å²) in [6.45, 7) is 8.00. The van der Waals surface area contributed by atoms with Gasteiger partial charge in [0.15, 0.2) is 0 Å². The van der Waals surface area contributed by atoms with Gasteiger partial charge in [-0.1, -0.05) is 94.4 Å². The second kappa shape index (κ2) is 8.92. The molecule has 3 aromatic rings. The summed E-state index contributed by atoms with van der Waals surface area (Å²) >= 11 is 0. The van der Waals surface area contributed by atoms with Gasteiger partial charge in [-0.25, -0.2) is 0 Å². The second-order valence-corrected chi connectivity index (χ2v) is 3.93. The van der Waals surface area contributed by atoms with Crippen molar-refractivity contribution >= 4 is 10.8 Å². The van der Waals surface area contributed by atoms with Gasteiger partial charge in [-0.15, -0.1) is 0 Å². The zero-order valence-corrected chi connectivity index (χ0v) is 12.9. The van der Waals surface area contributed by atoms with Crippen molar-refractivity contribution < 1.29 is 0 Å². The summed E-state index contributed by atoms with van der Waals surface area (Å²) in [5, 5.41) is 2.59. The summed E-state index contributed by atoms with van der Waals surface area (Å²) in [6, 6.07) is 25.5. The van der Waals surface area contributed by atoms with Crippen LogP contribution in [0.4, 0.5) is 0 Å². The largest absolute Gasteiger partial charge is 0.0683 e. The molecule has 0 aliphatic carbocycles. The number of benzene rings is 3. The molecule has 0 saturated heterocycles. The highest BCUT2D eigenvalue weighted by atomic mass is 14.0. The first kappa shape index (κ1) is 16.0. The van der Waals surface area contributed by atoms with Crippen molar-refractivity contribution in [2.75, 3.05) is 0 Å². The Morgan fingerprint density at radius 3 is 1.65 bits per heavy atom. The molecular formula is C20H24. The molecule has 20 heavy (non-hydrogen) atoms. The lowest BCUT2D eigenvalue weighted by molar-refractivity contribution is 1.50. The van der Waals surface area contributed by atoms with Crippen LogP contribution >= 0.6 is 0 Å². The highest BCUT2D eigenvalue weighted by molar-refractivity contribution is 5.87. The average Bonchev–Trinajstić information content (AvgIpc) is 2.59. The van der Waals surface area contributed by atoms with E-state index in [-0.39, 0.29) is 0 Å². The van der Waals surface area contributed by atoms with Crippen molar-refractivity contribution in [1.82, 2.24) is 0 Å². The Bertz CT molecular complexity index is 609. The van der Waals surface area contributed by atoms with Crippen LogP contribution in [0.1, 0.15) is 27.7 Å². The van der Waals surface area contributed by atoms with Gasteiger partial charge in [-0.3, -0.25) is 0 Å². The Morgan fingerprint density at radius 1 is 0.450 bits per heavy atom. The molecule has 0 aliphatic heterocycles. The van der Waals surface area contributed by atoms with E-state index in [1.807, 2.05) is 33.8 Å². The van der Waals surface area contributed by atoms with Crippen LogP contribution in [-0.4, -0.2) is 0 Å². The molecule has 0 unspecified atom stereocenters. The predicted molar refractivity (Wildman–Crippen MR) is 92.1 cm³/mol. The molecule has 0 amide bonds. The van der Waals surface area contributed by atoms with Crippen LogP contribution in [0.25, 0.3) is 21.9 Å². The first-order valence-electron chi connectivity index (χ1n) is 7.48. The summed E-state index contributed by atoms with van der Waals surface area (Å²) in [5.74, 6) is 0. The molecule has 0 heteroatoms. The maximum absolute atomic E-state index is 2.24. The zero-order valence-electron chi connectivity index (χ0n) is 12.9. The Labute approximate surface area is 123 Å². The third-order valence-electron chi connectivity index (χ3n) is 2.86. The van der Waals surface area contributed by atoms with Crippen LogP contribution in [-0.2, 0) is 0 Å². The Morgan fingerprint density at radius 2 is 1.00 bits per heavy atom. The number of hydrogen-bond donors (Lipinski definition) is 0. The zero-order chi connectivity index (χ0) is 14.8. The van der Waals surface area contributed by atoms with E-state index in [1.54, 1.807) is 0 Å². The summed E-state index contributed by atoms with van der Waals surface area (Å²) < 4.78 is 0. The third kappa shape index (κ3) is 3.96. The van der Waals surface area contributed by atoms with Gasteiger partial charge in [0.2, 0.25) is 0 Å². The SMILES string of the molecule is CC.CC.c1ccc(-c2ccc3ccccc3c2)cc1. The fourth-order valence-corrected chi connectivity index (χ4v) is 2.00. The number of hydrogen-bond acceptors (Lipinski definition) is 0. The lowest BCUT2D eigenvalue weighted by Gasteiger charge is -2.03. The highest BCUT2D eigenvalue weighted by Gasteiger charge is 1.97. The van der Waals surface area contributed by atoms with E-state index in [1.165, 1.54) is 21.9 Å². The van der Waals surface area contributed by atoms with Crippen LogP contribution in [0.15, 0.2) is 72.8 Å². The van der Waals surface area contributed by atoms with Crippen molar-refractivity contribution in [3.05, 3.63) is 72.8 Å². The van der Waals surface area contributed by atoms with Crippen molar-refractivity contribution in [3.8, 4) is 11.1 Å². The van der Waals surface area contributed by atoms with E-state index in [9.17, 15) is 0 Å². The van der Waals surface area contributed by atoms with Gasteiger partial charge in [-0.2, -0.15) is 0 Å². The van der Waals surface area contributed by atoms with Crippen LogP contribution in [0.5, 0.6) is 0 Å². The van der Waals surface area contributed by atoms with Crippen LogP contribution in [0.3, 0.4) is 0 Å². The Balaban J connectivity index is 0.000000461. The fourth-order valence-electron chi connectivity index (χ4n) is 2.00. The molecule has 3 rings (SSSR count). The Kier molecular flexibility index (Phi) is 7.13. The van der Waals surface area contributed by atoms with E-state index >= 15 is 0 Å². The molecule has 0 aliphatic rings. The van der Waals surface area contributed by atoms with Gasteiger partial charge in [0, 0.05) is 0 Å². The second-order valence-electron chi connectivity index (χ2n) is 3.93. The van der Waals surface area contributed by atoms with E-state index in [0.717, 1.165) is 0 Å². The quantitative estimate of drug-likeness (QED) is 0.467. The van der Waals surface area contributed by atoms with Crippen LogP contribution in [0.2, 0.25) is 0 Å². The lowest BCUT2D eigenvalue weighted by atomic mass is 10.0. The first-order chi connectivity index (χ1) is 9.93. The van der Waals surface area contributed by atoms with Crippen molar-refractivity contribution in [1.29, 1.82) is 0 Å². The minimum atomic E-state index is 1.27. The monoisotopic (exact) mass is 264 g/mol. The van der Waals surface area contributed by atoms with Gasteiger partial charge >= 0.3 is 0 Å². The normalized spacial score (nSPS) is 9.00. The molecular weight excluding hydrogens is 240 g/mol. The standard InChI is InChI=1S/C16H12.2C2H6/c1-2-6-13(7-3-1)16-11-10-14-8-4-5-9-15(14)12-16;2*1-2/h1-12H;2*1-2H3. The van der Waals surface area contributed by atoms with Crippen molar-refractivity contribution in [3.63, 3.8) is 0 Å². The number of fused-ring (bicyclic) bond motifs is 1. The molecule has 0 N–H and O–H groups in total. The molecule has 0 saturated carbocycles.